The van der Waals surface area contributed by atoms with Gasteiger partial charge in [-0.25, -0.2) is 4.39 Å². The Labute approximate surface area is 271 Å². The van der Waals surface area contributed by atoms with Gasteiger partial charge in [-0.3, -0.25) is 19.2 Å². The van der Waals surface area contributed by atoms with Crippen LogP contribution in [0.1, 0.15) is 72.6 Å². The van der Waals surface area contributed by atoms with E-state index in [1.807, 2.05) is 0 Å². The molecule has 1 heterocycles. The van der Waals surface area contributed by atoms with Crippen molar-refractivity contribution in [3.05, 3.63) is 33.9 Å². The second kappa shape index (κ2) is 12.3. The van der Waals surface area contributed by atoms with Gasteiger partial charge in [-0.15, -0.1) is 10.1 Å². The van der Waals surface area contributed by atoms with E-state index in [9.17, 15) is 34.4 Å². The van der Waals surface area contributed by atoms with E-state index in [0.717, 1.165) is 0 Å². The van der Waals surface area contributed by atoms with Crippen molar-refractivity contribution in [2.24, 2.45) is 28.4 Å². The molecular formula is C32H43FN2O12. The van der Waals surface area contributed by atoms with E-state index in [4.69, 9.17) is 24.7 Å². The summed E-state index contributed by atoms with van der Waals surface area (Å²) in [6.07, 6.45) is 2.94. The minimum Gasteiger partial charge on any atom is -0.465 e. The van der Waals surface area contributed by atoms with Crippen molar-refractivity contribution in [1.29, 1.82) is 0 Å². The Bertz CT molecular complexity index is 1400. The van der Waals surface area contributed by atoms with E-state index < -0.39 is 93.8 Å². The molecule has 47 heavy (non-hydrogen) atoms. The van der Waals surface area contributed by atoms with E-state index in [1.165, 1.54) is 12.2 Å². The molecule has 0 bridgehead atoms. The molecule has 0 aromatic heterocycles. The number of nitrogens with two attached hydrogens (primary N) is 1. The molecular weight excluding hydrogens is 623 g/mol. The van der Waals surface area contributed by atoms with Crippen LogP contribution in [0.2, 0.25) is 0 Å². The molecule has 3 N–H and O–H groups in total. The minimum absolute atomic E-state index is 0.0872. The molecule has 0 radical (unpaired) electrons. The lowest BCUT2D eigenvalue weighted by Crippen LogP contribution is -2.70. The average molecular weight is 667 g/mol. The third-order valence-corrected chi connectivity index (χ3v) is 11.1. The number of hydrogen-bond acceptors (Lipinski definition) is 13. The van der Waals surface area contributed by atoms with Gasteiger partial charge >= 0.3 is 11.9 Å². The molecule has 14 nitrogen and oxygen atoms in total. The number of hydrogen-bond donors (Lipinski definition) is 2. The van der Waals surface area contributed by atoms with Crippen molar-refractivity contribution in [2.45, 2.75) is 108 Å². The largest absolute Gasteiger partial charge is 0.465 e. The maximum atomic E-state index is 17.6. The highest BCUT2D eigenvalue weighted by Crippen LogP contribution is 2.72. The van der Waals surface area contributed by atoms with Gasteiger partial charge in [0.2, 0.25) is 5.78 Å². The zero-order valence-electron chi connectivity index (χ0n) is 27.0. The predicted molar refractivity (Wildman–Crippen MR) is 158 cm³/mol. The van der Waals surface area contributed by atoms with Crippen LogP contribution in [-0.2, 0) is 43.0 Å². The lowest BCUT2D eigenvalue weighted by molar-refractivity contribution is -0.757. The quantitative estimate of drug-likeness (QED) is 0.133. The Morgan fingerprint density at radius 2 is 1.87 bits per heavy atom. The van der Waals surface area contributed by atoms with Crippen LogP contribution >= 0.6 is 0 Å². The Hall–Kier alpha value is -3.27. The number of Topliss-reactive ketones (excluding diaryl/α,β-unsaturated/α-hetero) is 1. The molecule has 260 valence electrons. The number of carbonyl (C=O) groups is 4. The molecule has 4 fully saturated rings. The van der Waals surface area contributed by atoms with Gasteiger partial charge in [-0.1, -0.05) is 18.6 Å². The van der Waals surface area contributed by atoms with E-state index >= 15 is 4.39 Å². The highest BCUT2D eigenvalue weighted by molar-refractivity contribution is 6.01. The van der Waals surface area contributed by atoms with Gasteiger partial charge in [0.25, 0.3) is 5.09 Å². The number of ketones is 2. The molecule has 15 heteroatoms. The van der Waals surface area contributed by atoms with Crippen molar-refractivity contribution < 1.29 is 57.5 Å². The smallest absolute Gasteiger partial charge is 0.323 e. The standard InChI is InChI=1S/C32H43FN2O12/c1-28(2)46-25-14-21-20-8-7-18-13-19(36)9-10-29(18,3)31(20,33)23(37)16-30(21,4)32(25,47-28)24(38)17-44-26(39)15-22(34)27(40)43-11-5-6-12-45-35(41)42/h9-10,13,20-23,25,37H,5-8,11-12,14-17,34H2,1-4H3/t20-,21-,22-,23-,25-,29-,30-,31-,32-/m0/s1. The van der Waals surface area contributed by atoms with Gasteiger partial charge in [0.1, 0.15) is 6.04 Å². The van der Waals surface area contributed by atoms with Gasteiger partial charge in [0.05, 0.1) is 31.8 Å². The highest BCUT2D eigenvalue weighted by Gasteiger charge is 2.80. The summed E-state index contributed by atoms with van der Waals surface area (Å²) in [6, 6.07) is -1.38. The van der Waals surface area contributed by atoms with Gasteiger partial charge in [0, 0.05) is 16.7 Å². The van der Waals surface area contributed by atoms with Crippen LogP contribution in [0.15, 0.2) is 23.8 Å². The number of nitrogens with zero attached hydrogens (tertiary/aromatic N) is 1. The zero-order valence-corrected chi connectivity index (χ0v) is 27.0. The summed E-state index contributed by atoms with van der Waals surface area (Å²) in [7, 11) is 0. The first kappa shape index (κ1) is 35.0. The third kappa shape index (κ3) is 5.68. The van der Waals surface area contributed by atoms with Crippen LogP contribution in [0.5, 0.6) is 0 Å². The van der Waals surface area contributed by atoms with E-state index in [0.29, 0.717) is 18.4 Å². The molecule has 1 saturated heterocycles. The Kier molecular flexibility index (Phi) is 9.18. The third-order valence-electron chi connectivity index (χ3n) is 11.1. The maximum Gasteiger partial charge on any atom is 0.323 e. The number of rotatable bonds is 12. The van der Waals surface area contributed by atoms with E-state index in [2.05, 4.69) is 4.84 Å². The van der Waals surface area contributed by atoms with Crippen LogP contribution in [0.3, 0.4) is 0 Å². The zero-order chi connectivity index (χ0) is 34.6. The molecule has 0 amide bonds. The average Bonchev–Trinajstić information content (AvgIpc) is 3.39. The number of ether oxygens (including phenoxy) is 4. The number of allylic oxidation sites excluding steroid dienone is 4. The second-order valence-corrected chi connectivity index (χ2v) is 14.2. The highest BCUT2D eigenvalue weighted by atomic mass is 19.1. The Balaban J connectivity index is 1.27. The first-order valence-corrected chi connectivity index (χ1v) is 16.0. The van der Waals surface area contributed by atoms with Crippen LogP contribution in [0, 0.1) is 32.8 Å². The number of unbranched alkanes of at least 4 members (excludes halogenated alkanes) is 1. The SMILES string of the molecule is CC1(C)O[C@H]2C[C@H]3[C@@H]4CCC5=CC(=O)C=C[C@]5(C)[C@@]4(F)[C@@H](O)C[C@]3(C)[C@@]2(C(=O)COC(=O)C[C@H](N)C(=O)OCCCCO[N+](=O)[O-])O1. The fraction of sp³-hybridized carbons (Fsp3) is 0.750. The van der Waals surface area contributed by atoms with Crippen molar-refractivity contribution in [1.82, 2.24) is 0 Å². The Morgan fingerprint density at radius 3 is 2.57 bits per heavy atom. The van der Waals surface area contributed by atoms with E-state index in [-0.39, 0.29) is 44.7 Å². The molecule has 3 saturated carbocycles. The fourth-order valence-corrected chi connectivity index (χ4v) is 9.01. The lowest BCUT2D eigenvalue weighted by Gasteiger charge is -2.62. The van der Waals surface area contributed by atoms with Crippen molar-refractivity contribution in [3.63, 3.8) is 0 Å². The Morgan fingerprint density at radius 1 is 1.17 bits per heavy atom. The van der Waals surface area contributed by atoms with Gasteiger partial charge in [-0.05, 0) is 77.4 Å². The van der Waals surface area contributed by atoms with Crippen LogP contribution in [0.4, 0.5) is 4.39 Å². The summed E-state index contributed by atoms with van der Waals surface area (Å²) in [5.41, 5.74) is 0.345. The molecule has 0 aromatic rings. The number of aliphatic hydroxyl groups is 1. The topological polar surface area (TPSA) is 204 Å². The summed E-state index contributed by atoms with van der Waals surface area (Å²) >= 11 is 0. The summed E-state index contributed by atoms with van der Waals surface area (Å²) in [6.45, 7) is 5.85. The normalized spacial score (nSPS) is 38.6. The molecule has 9 atom stereocenters. The maximum absolute atomic E-state index is 17.6. The molecule has 5 aliphatic rings. The molecule has 4 aliphatic carbocycles. The first-order valence-electron chi connectivity index (χ1n) is 16.0. The van der Waals surface area contributed by atoms with E-state index in [1.54, 1.807) is 33.8 Å². The summed E-state index contributed by atoms with van der Waals surface area (Å²) < 4.78 is 40.5. The summed E-state index contributed by atoms with van der Waals surface area (Å²) in [4.78, 5) is 65.5. The fourth-order valence-electron chi connectivity index (χ4n) is 9.01. The molecule has 0 unspecified atom stereocenters. The van der Waals surface area contributed by atoms with Gasteiger partial charge < -0.3 is 34.6 Å². The van der Waals surface area contributed by atoms with Gasteiger partial charge in [0.15, 0.2) is 29.4 Å². The predicted octanol–water partition coefficient (Wildman–Crippen LogP) is 2.22. The first-order chi connectivity index (χ1) is 21.9. The number of halogens is 1. The summed E-state index contributed by atoms with van der Waals surface area (Å²) in [5.74, 6) is -4.98. The molecule has 0 spiro atoms. The number of carbonyl (C=O) groups excluding carboxylic acids is 4. The van der Waals surface area contributed by atoms with Crippen LogP contribution < -0.4 is 5.73 Å². The second-order valence-electron chi connectivity index (χ2n) is 14.2. The number of aliphatic hydroxyl groups excluding tert-OH is 1. The molecule has 0 aromatic carbocycles. The lowest BCUT2D eigenvalue weighted by atomic mass is 9.44. The van der Waals surface area contributed by atoms with Crippen LogP contribution in [-0.4, -0.2) is 88.8 Å². The van der Waals surface area contributed by atoms with Crippen molar-refractivity contribution in [3.8, 4) is 0 Å². The monoisotopic (exact) mass is 666 g/mol. The number of alkyl halides is 1. The summed E-state index contributed by atoms with van der Waals surface area (Å²) in [5, 5.41) is 20.9. The molecule has 5 rings (SSSR count). The number of esters is 2. The minimum atomic E-state index is -2.11. The van der Waals surface area contributed by atoms with Crippen molar-refractivity contribution >= 4 is 23.5 Å². The van der Waals surface area contributed by atoms with Crippen LogP contribution in [0.25, 0.3) is 0 Å². The molecule has 1 aliphatic heterocycles. The van der Waals surface area contributed by atoms with Crippen molar-refractivity contribution in [2.75, 3.05) is 19.8 Å². The number of fused-ring (bicyclic) bond motifs is 7. The van der Waals surface area contributed by atoms with Gasteiger partial charge in [-0.2, -0.15) is 0 Å².